The molecule has 1 aromatic rings. The summed E-state index contributed by atoms with van der Waals surface area (Å²) in [5.41, 5.74) is 7.10. The highest BCUT2D eigenvalue weighted by molar-refractivity contribution is 8.13. The molecule has 2 fully saturated rings. The smallest absolute Gasteiger partial charge is 0.230 e. The number of thioether (sulfide) groups is 1. The van der Waals surface area contributed by atoms with Crippen LogP contribution in [0.25, 0.3) is 0 Å². The molecule has 2 amide bonds. The second-order valence-corrected chi connectivity index (χ2v) is 11.7. The number of amides is 2. The molecule has 1 saturated carbocycles. The van der Waals surface area contributed by atoms with Crippen LogP contribution in [-0.2, 0) is 15.3 Å². The molecule has 1 aromatic carbocycles. The Morgan fingerprint density at radius 3 is 2.71 bits per heavy atom. The van der Waals surface area contributed by atoms with Gasteiger partial charge in [0.1, 0.15) is 0 Å². The summed E-state index contributed by atoms with van der Waals surface area (Å²) in [4.78, 5) is 30.7. The van der Waals surface area contributed by atoms with E-state index in [0.717, 1.165) is 23.8 Å². The van der Waals surface area contributed by atoms with E-state index in [0.29, 0.717) is 18.9 Å². The molecule has 4 unspecified atom stereocenters. The van der Waals surface area contributed by atoms with E-state index < -0.39 is 0 Å². The van der Waals surface area contributed by atoms with E-state index in [1.807, 2.05) is 18.7 Å². The summed E-state index contributed by atoms with van der Waals surface area (Å²) in [6, 6.07) is 6.65. The molecule has 0 spiro atoms. The Bertz CT molecular complexity index is 963. The van der Waals surface area contributed by atoms with E-state index in [2.05, 4.69) is 61.5 Å². The van der Waals surface area contributed by atoms with Gasteiger partial charge in [-0.1, -0.05) is 49.4 Å². The summed E-state index contributed by atoms with van der Waals surface area (Å²) in [6.45, 7) is 13.2. The highest BCUT2D eigenvalue weighted by atomic mass is 32.2. The molecule has 0 radical (unpaired) electrons. The van der Waals surface area contributed by atoms with Gasteiger partial charge in [0.05, 0.1) is 5.92 Å². The predicted octanol–water partition coefficient (Wildman–Crippen LogP) is 3.80. The number of hydrogen-bond donors (Lipinski definition) is 2. The van der Waals surface area contributed by atoms with Gasteiger partial charge in [0, 0.05) is 30.3 Å². The number of carbonyl (C=O) groups is 2. The van der Waals surface area contributed by atoms with Crippen LogP contribution in [0.3, 0.4) is 0 Å². The van der Waals surface area contributed by atoms with Crippen LogP contribution in [0.15, 0.2) is 23.3 Å². The van der Waals surface area contributed by atoms with Crippen LogP contribution in [-0.4, -0.2) is 51.7 Å². The first-order valence-corrected chi connectivity index (χ1v) is 13.6. The fourth-order valence-electron chi connectivity index (χ4n) is 5.38. The lowest BCUT2D eigenvalue weighted by Gasteiger charge is -2.51. The van der Waals surface area contributed by atoms with Gasteiger partial charge in [-0.2, -0.15) is 5.10 Å². The molecule has 4 atom stereocenters. The molecule has 0 aromatic heterocycles. The summed E-state index contributed by atoms with van der Waals surface area (Å²) in [5, 5.41) is 8.71. The Balaban J connectivity index is 1.57. The van der Waals surface area contributed by atoms with Crippen LogP contribution in [0.5, 0.6) is 0 Å². The minimum atomic E-state index is -0.274. The summed E-state index contributed by atoms with van der Waals surface area (Å²) in [5.74, 6) is 1.33. The number of hydrogen-bond acceptors (Lipinski definition) is 6. The second-order valence-electron chi connectivity index (χ2n) is 10.8. The van der Waals surface area contributed by atoms with Crippen LogP contribution in [0.1, 0.15) is 63.6 Å². The van der Waals surface area contributed by atoms with Gasteiger partial charge >= 0.3 is 0 Å². The number of fused-ring (bicyclic) bond motifs is 3. The molecule has 1 aliphatic carbocycles. The molecule has 3 aliphatic rings. The average Bonchev–Trinajstić information content (AvgIpc) is 3.20. The van der Waals surface area contributed by atoms with E-state index in [4.69, 9.17) is 5.10 Å². The van der Waals surface area contributed by atoms with Crippen molar-refractivity contribution in [3.05, 3.63) is 34.9 Å². The lowest BCUT2D eigenvalue weighted by molar-refractivity contribution is -0.158. The van der Waals surface area contributed by atoms with Crippen molar-refractivity contribution in [1.82, 2.24) is 20.5 Å². The molecular weight excluding hydrogens is 446 g/mol. The van der Waals surface area contributed by atoms with Crippen LogP contribution in [0, 0.1) is 31.6 Å². The summed E-state index contributed by atoms with van der Waals surface area (Å²) >= 11 is 1.72. The van der Waals surface area contributed by atoms with Gasteiger partial charge in [-0.15, -0.1) is 0 Å². The quantitative estimate of drug-likeness (QED) is 0.641. The molecule has 0 bridgehead atoms. The zero-order chi connectivity index (χ0) is 24.6. The molecule has 7 nitrogen and oxygen atoms in total. The maximum Gasteiger partial charge on any atom is 0.230 e. The molecule has 2 N–H and O–H groups in total. The number of rotatable bonds is 6. The van der Waals surface area contributed by atoms with Crippen molar-refractivity contribution in [2.45, 2.75) is 84.9 Å². The SMILES string of the molecule is Cc1ccc(C)c(CSC2=NNC3N(CC(C)C)C(=O)C4CCC(C(=O)NC(C)C)CC4N23)c1. The highest BCUT2D eigenvalue weighted by Gasteiger charge is 2.53. The molecule has 34 heavy (non-hydrogen) atoms. The summed E-state index contributed by atoms with van der Waals surface area (Å²) in [6.07, 6.45) is 1.91. The minimum Gasteiger partial charge on any atom is -0.354 e. The van der Waals surface area contributed by atoms with E-state index in [-0.39, 0.29) is 42.0 Å². The number of nitrogens with one attached hydrogen (secondary N) is 2. The number of carbonyl (C=O) groups excluding carboxylic acids is 2. The van der Waals surface area contributed by atoms with E-state index in [1.165, 1.54) is 16.7 Å². The highest BCUT2D eigenvalue weighted by Crippen LogP contribution is 2.41. The Morgan fingerprint density at radius 1 is 1.24 bits per heavy atom. The van der Waals surface area contributed by atoms with Gasteiger partial charge in [-0.05, 0) is 64.0 Å². The number of amidine groups is 1. The Labute approximate surface area is 208 Å². The third kappa shape index (κ3) is 5.07. The number of aryl methyl sites for hydroxylation is 2. The van der Waals surface area contributed by atoms with Gasteiger partial charge in [0.25, 0.3) is 0 Å². The van der Waals surface area contributed by atoms with Gasteiger partial charge < -0.3 is 15.1 Å². The normalized spacial score (nSPS) is 26.4. The number of benzene rings is 1. The van der Waals surface area contributed by atoms with Crippen molar-refractivity contribution in [2.75, 3.05) is 6.54 Å². The first-order valence-electron chi connectivity index (χ1n) is 12.6. The van der Waals surface area contributed by atoms with Crippen molar-refractivity contribution in [1.29, 1.82) is 0 Å². The Morgan fingerprint density at radius 2 is 2.00 bits per heavy atom. The van der Waals surface area contributed by atoms with Crippen LogP contribution in [0.2, 0.25) is 0 Å². The molecule has 4 rings (SSSR count). The fourth-order valence-corrected chi connectivity index (χ4v) is 6.48. The van der Waals surface area contributed by atoms with Crippen LogP contribution >= 0.6 is 11.8 Å². The predicted molar refractivity (Wildman–Crippen MR) is 138 cm³/mol. The summed E-state index contributed by atoms with van der Waals surface area (Å²) < 4.78 is 0. The van der Waals surface area contributed by atoms with Gasteiger partial charge in [0.15, 0.2) is 11.5 Å². The average molecular weight is 486 g/mol. The Kier molecular flexibility index (Phi) is 7.45. The van der Waals surface area contributed by atoms with Gasteiger partial charge in [0.2, 0.25) is 11.8 Å². The molecule has 2 aliphatic heterocycles. The van der Waals surface area contributed by atoms with E-state index >= 15 is 0 Å². The minimum absolute atomic E-state index is 0.0163. The standard InChI is InChI=1S/C26H39N5O2S/c1-15(2)13-30-24(33)21-10-9-19(23(32)27-16(3)4)12-22(21)31-25(30)28-29-26(31)34-14-20-11-17(5)7-8-18(20)6/h7-8,11,15-16,19,21-22,25,28H,9-10,12-14H2,1-6H3,(H,27,32). The van der Waals surface area contributed by atoms with Crippen molar-refractivity contribution in [3.8, 4) is 0 Å². The van der Waals surface area contributed by atoms with Gasteiger partial charge in [-0.25, -0.2) is 0 Å². The van der Waals surface area contributed by atoms with Crippen molar-refractivity contribution in [3.63, 3.8) is 0 Å². The summed E-state index contributed by atoms with van der Waals surface area (Å²) in [7, 11) is 0. The topological polar surface area (TPSA) is 77.0 Å². The molecule has 1 saturated heterocycles. The first kappa shape index (κ1) is 24.9. The van der Waals surface area contributed by atoms with Crippen LogP contribution < -0.4 is 10.7 Å². The zero-order valence-corrected chi connectivity index (χ0v) is 22.1. The van der Waals surface area contributed by atoms with Gasteiger partial charge in [-0.3, -0.25) is 15.0 Å². The van der Waals surface area contributed by atoms with Crippen molar-refractivity contribution >= 4 is 28.7 Å². The molecular formula is C26H39N5O2S. The molecule has 186 valence electrons. The van der Waals surface area contributed by atoms with E-state index in [9.17, 15) is 9.59 Å². The lowest BCUT2D eigenvalue weighted by Crippen LogP contribution is -2.68. The third-order valence-electron chi connectivity index (χ3n) is 7.05. The van der Waals surface area contributed by atoms with Crippen molar-refractivity contribution in [2.24, 2.45) is 22.9 Å². The number of nitrogens with zero attached hydrogens (tertiary/aromatic N) is 3. The largest absolute Gasteiger partial charge is 0.354 e. The zero-order valence-electron chi connectivity index (χ0n) is 21.3. The first-order chi connectivity index (χ1) is 16.2. The van der Waals surface area contributed by atoms with Crippen LogP contribution in [0.4, 0.5) is 0 Å². The fraction of sp³-hybridized carbons (Fsp3) is 0.654. The monoisotopic (exact) mass is 485 g/mol. The van der Waals surface area contributed by atoms with E-state index in [1.54, 1.807) is 11.8 Å². The number of hydrazone groups is 1. The second kappa shape index (κ2) is 10.2. The molecule has 8 heteroatoms. The maximum absolute atomic E-state index is 13.6. The Hall–Kier alpha value is -2.22. The third-order valence-corrected chi connectivity index (χ3v) is 8.07. The maximum atomic E-state index is 13.6. The van der Waals surface area contributed by atoms with Crippen molar-refractivity contribution < 1.29 is 9.59 Å². The molecule has 2 heterocycles. The lowest BCUT2D eigenvalue weighted by atomic mass is 9.75.